The number of ether oxygens (including phenoxy) is 1. The molecule has 35 heavy (non-hydrogen) atoms. The summed E-state index contributed by atoms with van der Waals surface area (Å²) in [6, 6.07) is 14.3. The van der Waals surface area contributed by atoms with E-state index in [1.165, 1.54) is 0 Å². The Kier molecular flexibility index (Phi) is 8.39. The molecule has 6 nitrogen and oxygen atoms in total. The number of nitrogens with zero attached hydrogens (tertiary/aromatic N) is 2. The van der Waals surface area contributed by atoms with E-state index in [0.717, 1.165) is 30.5 Å². The second kappa shape index (κ2) is 11.1. The maximum atomic E-state index is 13.2. The maximum Gasteiger partial charge on any atom is 0.295 e. The molecule has 2 aromatic rings. The van der Waals surface area contributed by atoms with Gasteiger partial charge in [0.05, 0.1) is 18.2 Å². The lowest BCUT2D eigenvalue weighted by Gasteiger charge is -2.27. The van der Waals surface area contributed by atoms with Gasteiger partial charge in [0.2, 0.25) is 0 Å². The monoisotopic (exact) mass is 478 g/mol. The van der Waals surface area contributed by atoms with Crippen LogP contribution in [0.3, 0.4) is 0 Å². The molecule has 1 N–H and O–H groups in total. The van der Waals surface area contributed by atoms with Crippen molar-refractivity contribution in [1.82, 2.24) is 9.80 Å². The summed E-state index contributed by atoms with van der Waals surface area (Å²) in [5.74, 6) is -0.686. The quantitative estimate of drug-likeness (QED) is 0.307. The van der Waals surface area contributed by atoms with E-state index in [-0.39, 0.29) is 16.7 Å². The van der Waals surface area contributed by atoms with Gasteiger partial charge in [0.15, 0.2) is 0 Å². The van der Waals surface area contributed by atoms with Crippen LogP contribution in [0, 0.1) is 0 Å². The molecule has 0 aliphatic carbocycles. The van der Waals surface area contributed by atoms with Gasteiger partial charge in [-0.25, -0.2) is 0 Å². The lowest BCUT2D eigenvalue weighted by molar-refractivity contribution is -0.139. The summed E-state index contributed by atoms with van der Waals surface area (Å²) in [5, 5.41) is 11.3. The van der Waals surface area contributed by atoms with E-state index in [1.54, 1.807) is 29.2 Å². The Bertz CT molecular complexity index is 1060. The third-order valence-electron chi connectivity index (χ3n) is 6.24. The van der Waals surface area contributed by atoms with Crippen molar-refractivity contribution in [2.45, 2.75) is 52.0 Å². The highest BCUT2D eigenvalue weighted by atomic mass is 16.5. The molecule has 6 heteroatoms. The van der Waals surface area contributed by atoms with Crippen molar-refractivity contribution in [2.24, 2.45) is 0 Å². The molecule has 0 bridgehead atoms. The summed E-state index contributed by atoms with van der Waals surface area (Å²) in [6.45, 7) is 10.3. The van der Waals surface area contributed by atoms with Gasteiger partial charge in [-0.05, 0) is 74.3 Å². The first-order valence-corrected chi connectivity index (χ1v) is 12.3. The molecule has 1 aliphatic heterocycles. The number of carbonyl (C=O) groups is 2. The molecule has 1 atom stereocenters. The fourth-order valence-corrected chi connectivity index (χ4v) is 4.26. The molecule has 2 aromatic carbocycles. The van der Waals surface area contributed by atoms with Crippen molar-refractivity contribution in [2.75, 3.05) is 33.8 Å². The zero-order chi connectivity index (χ0) is 25.8. The SMILES string of the molecule is CCCOc1ccc(C(O)=C2C(=O)C(=O)N(CCCN(C)C)[C@@H]2c2ccc(C(C)(C)C)cc2)cc1. The standard InChI is InChI=1S/C29H38N2O4/c1-7-19-35-23-15-11-21(12-16-23)26(32)24-25(20-9-13-22(14-10-20)29(2,3)4)31(28(34)27(24)33)18-8-17-30(5)6/h9-16,25,32H,7-8,17-19H2,1-6H3/t25-/m1/s1. The Labute approximate surface area is 209 Å². The highest BCUT2D eigenvalue weighted by Crippen LogP contribution is 2.40. The van der Waals surface area contributed by atoms with Gasteiger partial charge in [0, 0.05) is 12.1 Å². The number of aliphatic hydroxyl groups excluding tert-OH is 1. The smallest absolute Gasteiger partial charge is 0.295 e. The molecule has 0 aromatic heterocycles. The van der Waals surface area contributed by atoms with Crippen molar-refractivity contribution in [1.29, 1.82) is 0 Å². The summed E-state index contributed by atoms with van der Waals surface area (Å²) >= 11 is 0. The fraction of sp³-hybridized carbons (Fsp3) is 0.448. The summed E-state index contributed by atoms with van der Waals surface area (Å²) < 4.78 is 5.63. The first-order chi connectivity index (χ1) is 16.5. The van der Waals surface area contributed by atoms with Gasteiger partial charge in [-0.1, -0.05) is 52.0 Å². The molecule has 1 fully saturated rings. The number of hydrogen-bond acceptors (Lipinski definition) is 5. The van der Waals surface area contributed by atoms with Crippen LogP contribution in [0.5, 0.6) is 5.75 Å². The molecule has 3 rings (SSSR count). The molecule has 0 spiro atoms. The number of likely N-dealkylation sites (tertiary alicyclic amines) is 1. The molecular weight excluding hydrogens is 440 g/mol. The van der Waals surface area contributed by atoms with Crippen LogP contribution in [0.25, 0.3) is 5.76 Å². The molecule has 188 valence electrons. The van der Waals surface area contributed by atoms with E-state index in [1.807, 2.05) is 50.2 Å². The summed E-state index contributed by atoms with van der Waals surface area (Å²) in [7, 11) is 3.95. The van der Waals surface area contributed by atoms with Gasteiger partial charge in [0.25, 0.3) is 11.7 Å². The maximum absolute atomic E-state index is 13.2. The largest absolute Gasteiger partial charge is 0.507 e. The van der Waals surface area contributed by atoms with Gasteiger partial charge in [-0.2, -0.15) is 0 Å². The Hall–Kier alpha value is -3.12. The Morgan fingerprint density at radius 2 is 1.66 bits per heavy atom. The Balaban J connectivity index is 2.04. The average molecular weight is 479 g/mol. The van der Waals surface area contributed by atoms with Crippen LogP contribution in [0.2, 0.25) is 0 Å². The van der Waals surface area contributed by atoms with Crippen molar-refractivity contribution in [3.63, 3.8) is 0 Å². The van der Waals surface area contributed by atoms with Crippen LogP contribution in [0.4, 0.5) is 0 Å². The first-order valence-electron chi connectivity index (χ1n) is 12.3. The van der Waals surface area contributed by atoms with Crippen LogP contribution < -0.4 is 4.74 Å². The first kappa shape index (κ1) is 26.5. The molecule has 1 saturated heterocycles. The highest BCUT2D eigenvalue weighted by Gasteiger charge is 2.45. The summed E-state index contributed by atoms with van der Waals surface area (Å²) in [5.41, 5.74) is 2.57. The molecule has 0 radical (unpaired) electrons. The third-order valence-corrected chi connectivity index (χ3v) is 6.24. The van der Waals surface area contributed by atoms with Crippen LogP contribution in [0.1, 0.15) is 63.3 Å². The zero-order valence-corrected chi connectivity index (χ0v) is 21.8. The number of aliphatic hydroxyl groups is 1. The lowest BCUT2D eigenvalue weighted by atomic mass is 9.85. The van der Waals surface area contributed by atoms with Crippen molar-refractivity contribution < 1.29 is 19.4 Å². The molecule has 1 amide bonds. The number of amides is 1. The normalized spacial score (nSPS) is 17.9. The number of rotatable bonds is 9. The second-order valence-corrected chi connectivity index (χ2v) is 10.4. The van der Waals surface area contributed by atoms with Crippen LogP contribution in [-0.4, -0.2) is 60.4 Å². The Morgan fingerprint density at radius 1 is 1.03 bits per heavy atom. The van der Waals surface area contributed by atoms with E-state index in [2.05, 4.69) is 20.8 Å². The number of Topliss-reactive ketones (excluding diaryl/α,β-unsaturated/α-hetero) is 1. The van der Waals surface area contributed by atoms with Crippen molar-refractivity contribution >= 4 is 17.4 Å². The minimum atomic E-state index is -0.649. The van der Waals surface area contributed by atoms with E-state index < -0.39 is 17.7 Å². The number of ketones is 1. The van der Waals surface area contributed by atoms with E-state index in [9.17, 15) is 14.7 Å². The predicted octanol–water partition coefficient (Wildman–Crippen LogP) is 5.15. The topological polar surface area (TPSA) is 70.1 Å². The minimum Gasteiger partial charge on any atom is -0.507 e. The average Bonchev–Trinajstić information content (AvgIpc) is 3.07. The summed E-state index contributed by atoms with van der Waals surface area (Å²) in [6.07, 6.45) is 1.62. The highest BCUT2D eigenvalue weighted by molar-refractivity contribution is 6.46. The van der Waals surface area contributed by atoms with Crippen molar-refractivity contribution in [3.05, 3.63) is 70.8 Å². The molecule has 0 saturated carbocycles. The number of benzene rings is 2. The van der Waals surface area contributed by atoms with E-state index >= 15 is 0 Å². The second-order valence-electron chi connectivity index (χ2n) is 10.4. The zero-order valence-electron chi connectivity index (χ0n) is 21.8. The molecule has 0 unspecified atom stereocenters. The van der Waals surface area contributed by atoms with Gasteiger partial charge in [0.1, 0.15) is 11.5 Å². The van der Waals surface area contributed by atoms with Gasteiger partial charge in [-0.15, -0.1) is 0 Å². The lowest BCUT2D eigenvalue weighted by Crippen LogP contribution is -2.32. The minimum absolute atomic E-state index is 0.0202. The van der Waals surface area contributed by atoms with Crippen LogP contribution >= 0.6 is 0 Å². The molecular formula is C29H38N2O4. The van der Waals surface area contributed by atoms with E-state index in [4.69, 9.17) is 4.74 Å². The third kappa shape index (κ3) is 6.12. The molecule has 1 heterocycles. The summed E-state index contributed by atoms with van der Waals surface area (Å²) in [4.78, 5) is 30.0. The number of carbonyl (C=O) groups excluding carboxylic acids is 2. The van der Waals surface area contributed by atoms with Gasteiger partial charge >= 0.3 is 0 Å². The van der Waals surface area contributed by atoms with Crippen molar-refractivity contribution in [3.8, 4) is 5.75 Å². The molecule has 1 aliphatic rings. The predicted molar refractivity (Wildman–Crippen MR) is 140 cm³/mol. The van der Waals surface area contributed by atoms with Gasteiger partial charge in [-0.3, -0.25) is 9.59 Å². The van der Waals surface area contributed by atoms with Gasteiger partial charge < -0.3 is 19.6 Å². The van der Waals surface area contributed by atoms with Crippen LogP contribution in [0.15, 0.2) is 54.1 Å². The Morgan fingerprint density at radius 3 is 2.20 bits per heavy atom. The van der Waals surface area contributed by atoms with Crippen LogP contribution in [-0.2, 0) is 15.0 Å². The number of hydrogen-bond donors (Lipinski definition) is 1. The fourth-order valence-electron chi connectivity index (χ4n) is 4.26. The van der Waals surface area contributed by atoms with E-state index in [0.29, 0.717) is 24.5 Å².